The molecular weight excluding hydrogens is 482 g/mol. The third-order valence-electron chi connectivity index (χ3n) is 3.77. The topological polar surface area (TPSA) is 52.6 Å². The van der Waals surface area contributed by atoms with E-state index in [9.17, 15) is 18.4 Å². The molecule has 0 saturated heterocycles. The average Bonchev–Trinajstić information content (AvgIpc) is 2.76. The molecule has 0 bridgehead atoms. The molecule has 3 aromatic carbocycles. The van der Waals surface area contributed by atoms with E-state index in [0.29, 0.717) is 0 Å². The average molecular weight is 498 g/mol. The number of ether oxygens (including phenoxy) is 2. The van der Waals surface area contributed by atoms with Crippen molar-refractivity contribution in [3.05, 3.63) is 107 Å². The van der Waals surface area contributed by atoms with Crippen molar-refractivity contribution in [2.45, 2.75) is 0 Å². The van der Waals surface area contributed by atoms with E-state index in [1.807, 2.05) is 0 Å². The minimum Gasteiger partial charge on any atom is -1.00 e. The quantitative estimate of drug-likeness (QED) is 0.200. The second-order valence-corrected chi connectivity index (χ2v) is 5.74. The van der Waals surface area contributed by atoms with E-state index in [2.05, 4.69) is 24.1 Å². The number of hydrogen-bond donors (Lipinski definition) is 0. The van der Waals surface area contributed by atoms with Gasteiger partial charge in [0.2, 0.25) is 0 Å². The maximum atomic E-state index is 13.5. The Morgan fingerprint density at radius 1 is 0.588 bits per heavy atom. The van der Waals surface area contributed by atoms with E-state index in [-0.39, 0.29) is 146 Å². The van der Waals surface area contributed by atoms with Gasteiger partial charge in [0.1, 0.15) is 23.8 Å². The molecule has 3 aromatic rings. The van der Waals surface area contributed by atoms with Crippen molar-refractivity contribution < 1.29 is 152 Å². The number of halogens is 2. The molecule has 0 fully saturated rings. The number of carbonyl (C=O) groups is 2. The Morgan fingerprint density at radius 2 is 0.912 bits per heavy atom. The normalized spacial score (nSPS) is 8.29. The standard InChI is InChI=1S/C24H12F2O4.4Na.4H/c25-21-11-5-1-7-17(21)13-15-29-23(27)19-9-3-4-10-20(19)24(28)30-16-14-18-8-2-6-12-22(18)26;;;;;;;;/h1-12H;;;;;;;;/q;4*+1;4*-1. The van der Waals surface area contributed by atoms with Crippen LogP contribution in [0, 0.1) is 35.7 Å². The van der Waals surface area contributed by atoms with Crippen LogP contribution >= 0.6 is 0 Å². The summed E-state index contributed by atoms with van der Waals surface area (Å²) < 4.78 is 36.7. The first-order chi connectivity index (χ1) is 14.6. The third-order valence-corrected chi connectivity index (χ3v) is 3.77. The van der Waals surface area contributed by atoms with Gasteiger partial charge >= 0.3 is 130 Å². The predicted molar refractivity (Wildman–Crippen MR) is 108 cm³/mol. The van der Waals surface area contributed by atoms with E-state index in [1.165, 1.54) is 60.7 Å². The molecule has 0 amide bonds. The van der Waals surface area contributed by atoms with Gasteiger partial charge in [-0.25, -0.2) is 18.4 Å². The fourth-order valence-electron chi connectivity index (χ4n) is 2.33. The van der Waals surface area contributed by atoms with Gasteiger partial charge in [0, 0.05) is 0 Å². The summed E-state index contributed by atoms with van der Waals surface area (Å²) in [4.78, 5) is 24.5. The second kappa shape index (κ2) is 18.8. The smallest absolute Gasteiger partial charge is 1.00 e. The van der Waals surface area contributed by atoms with Gasteiger partial charge < -0.3 is 15.2 Å². The second-order valence-electron chi connectivity index (χ2n) is 5.74. The Hall–Kier alpha value is -0.420. The summed E-state index contributed by atoms with van der Waals surface area (Å²) in [6.45, 7) is 0. The molecule has 3 rings (SSSR count). The summed E-state index contributed by atoms with van der Waals surface area (Å²) >= 11 is 0. The van der Waals surface area contributed by atoms with Crippen molar-refractivity contribution >= 4 is 11.9 Å². The van der Waals surface area contributed by atoms with Crippen molar-refractivity contribution in [1.29, 1.82) is 0 Å². The summed E-state index contributed by atoms with van der Waals surface area (Å²) in [5.41, 5.74) is -0.112. The van der Waals surface area contributed by atoms with Gasteiger partial charge in [0.05, 0.1) is 22.3 Å². The maximum Gasteiger partial charge on any atom is 1.00 e. The molecule has 0 heterocycles. The van der Waals surface area contributed by atoms with Crippen LogP contribution < -0.4 is 118 Å². The molecule has 0 aliphatic heterocycles. The number of rotatable bonds is 2. The molecule has 0 aliphatic rings. The summed E-state index contributed by atoms with van der Waals surface area (Å²) in [6, 6.07) is 17.2. The molecule has 0 saturated carbocycles. The number of esters is 2. The SMILES string of the molecule is O=C(OC#Cc1ccccc1F)c1ccccc1C(=O)OC#Cc1ccccc1F.[H-].[H-].[H-].[H-].[Na+].[Na+].[Na+].[Na+]. The largest absolute Gasteiger partial charge is 1.00 e. The molecule has 0 spiro atoms. The zero-order chi connectivity index (χ0) is 21.3. The molecule has 154 valence electrons. The van der Waals surface area contributed by atoms with Crippen LogP contribution in [0.4, 0.5) is 8.78 Å². The molecule has 34 heavy (non-hydrogen) atoms. The number of hydrogen-bond acceptors (Lipinski definition) is 4. The molecule has 0 aliphatic carbocycles. The Bertz CT molecular complexity index is 1170. The van der Waals surface area contributed by atoms with Crippen LogP contribution in [0.2, 0.25) is 0 Å². The van der Waals surface area contributed by atoms with Gasteiger partial charge in [-0.15, -0.1) is 0 Å². The Balaban J connectivity index is -0.000000320. The molecule has 0 radical (unpaired) electrons. The van der Waals surface area contributed by atoms with Crippen LogP contribution in [0.25, 0.3) is 0 Å². The van der Waals surface area contributed by atoms with Crippen LogP contribution in [-0.4, -0.2) is 11.9 Å². The molecule has 0 N–H and O–H groups in total. The van der Waals surface area contributed by atoms with Crippen molar-refractivity contribution in [2.75, 3.05) is 0 Å². The van der Waals surface area contributed by atoms with Crippen LogP contribution in [0.5, 0.6) is 0 Å². The monoisotopic (exact) mass is 498 g/mol. The fraction of sp³-hybridized carbons (Fsp3) is 0. The van der Waals surface area contributed by atoms with E-state index in [4.69, 9.17) is 9.47 Å². The van der Waals surface area contributed by atoms with Crippen LogP contribution in [-0.2, 0) is 9.47 Å². The first-order valence-corrected chi connectivity index (χ1v) is 8.58. The van der Waals surface area contributed by atoms with E-state index < -0.39 is 23.6 Å². The predicted octanol–water partition coefficient (Wildman–Crippen LogP) is -7.24. The molecule has 0 aromatic heterocycles. The first-order valence-electron chi connectivity index (χ1n) is 8.58. The zero-order valence-corrected chi connectivity index (χ0v) is 27.3. The Morgan fingerprint density at radius 3 is 1.26 bits per heavy atom. The number of carbonyl (C=O) groups excluding carboxylic acids is 2. The molecular formula is C24H16F2Na4O4. The van der Waals surface area contributed by atoms with Gasteiger partial charge in [-0.05, 0) is 48.2 Å². The van der Waals surface area contributed by atoms with Crippen molar-refractivity contribution in [3.8, 4) is 24.1 Å². The summed E-state index contributed by atoms with van der Waals surface area (Å²) in [5, 5.41) is 0. The molecule has 0 unspecified atom stereocenters. The minimum absolute atomic E-state index is 0. The summed E-state index contributed by atoms with van der Waals surface area (Å²) in [7, 11) is 0. The zero-order valence-electron chi connectivity index (χ0n) is 23.3. The van der Waals surface area contributed by atoms with E-state index >= 15 is 0 Å². The third kappa shape index (κ3) is 10.7. The molecule has 0 atom stereocenters. The van der Waals surface area contributed by atoms with E-state index in [1.54, 1.807) is 12.1 Å². The van der Waals surface area contributed by atoms with E-state index in [0.717, 1.165) is 0 Å². The van der Waals surface area contributed by atoms with Gasteiger partial charge in [-0.2, -0.15) is 0 Å². The van der Waals surface area contributed by atoms with Crippen LogP contribution in [0.1, 0.15) is 37.5 Å². The summed E-state index contributed by atoms with van der Waals surface area (Å²) in [5.74, 6) is 1.80. The minimum atomic E-state index is -0.923. The van der Waals surface area contributed by atoms with Gasteiger partial charge in [-0.3, -0.25) is 0 Å². The fourth-order valence-corrected chi connectivity index (χ4v) is 2.33. The van der Waals surface area contributed by atoms with Gasteiger partial charge in [0.25, 0.3) is 0 Å². The van der Waals surface area contributed by atoms with Crippen LogP contribution in [0.15, 0.2) is 72.8 Å². The number of benzene rings is 3. The van der Waals surface area contributed by atoms with Crippen molar-refractivity contribution in [3.63, 3.8) is 0 Å². The summed E-state index contributed by atoms with van der Waals surface area (Å²) in [6.07, 6.45) is 4.23. The molecule has 4 nitrogen and oxygen atoms in total. The van der Waals surface area contributed by atoms with Crippen molar-refractivity contribution in [2.24, 2.45) is 0 Å². The Kier molecular flexibility index (Phi) is 19.8. The molecule has 10 heteroatoms. The van der Waals surface area contributed by atoms with Gasteiger partial charge in [0.15, 0.2) is 0 Å². The first kappa shape index (κ1) is 35.7. The Labute approximate surface area is 290 Å². The van der Waals surface area contributed by atoms with Crippen LogP contribution in [0.3, 0.4) is 0 Å². The van der Waals surface area contributed by atoms with Gasteiger partial charge in [-0.1, -0.05) is 36.4 Å². The van der Waals surface area contributed by atoms with Crippen molar-refractivity contribution in [1.82, 2.24) is 0 Å². The maximum absolute atomic E-state index is 13.5.